The first-order chi connectivity index (χ1) is 21.8. The van der Waals surface area contributed by atoms with Crippen LogP contribution in [-0.2, 0) is 0 Å². The fourth-order valence-electron chi connectivity index (χ4n) is 5.52. The Morgan fingerprint density at radius 3 is 1.25 bits per heavy atom. The zero-order chi connectivity index (χ0) is 29.3. The number of hydrogen-bond donors (Lipinski definition) is 0. The van der Waals surface area contributed by atoms with Gasteiger partial charge >= 0.3 is 0 Å². The van der Waals surface area contributed by atoms with Gasteiger partial charge in [0.2, 0.25) is 0 Å². The quantitative estimate of drug-likeness (QED) is 0.195. The van der Waals surface area contributed by atoms with Gasteiger partial charge in [-0.25, -0.2) is 24.9 Å². The molecule has 8 rings (SSSR count). The molecule has 2 heterocycles. The van der Waals surface area contributed by atoms with Gasteiger partial charge in [0.15, 0.2) is 23.3 Å². The van der Waals surface area contributed by atoms with Gasteiger partial charge in [0.05, 0.1) is 11.2 Å². The molecule has 0 fully saturated rings. The van der Waals surface area contributed by atoms with Crippen LogP contribution in [0.5, 0.6) is 0 Å². The Balaban J connectivity index is 1.38. The van der Waals surface area contributed by atoms with Crippen LogP contribution in [0.2, 0.25) is 0 Å². The molecule has 5 heteroatoms. The molecule has 206 valence electrons. The van der Waals surface area contributed by atoms with Crippen molar-refractivity contribution in [3.8, 4) is 56.8 Å². The first kappa shape index (κ1) is 25.6. The van der Waals surface area contributed by atoms with Crippen LogP contribution in [0.4, 0.5) is 0 Å². The summed E-state index contributed by atoms with van der Waals surface area (Å²) in [5.74, 6) is 2.56. The van der Waals surface area contributed by atoms with E-state index in [-0.39, 0.29) is 0 Å². The Bertz CT molecular complexity index is 2200. The number of nitrogens with zero attached hydrogens (tertiary/aromatic N) is 5. The number of fused-ring (bicyclic) bond motifs is 3. The molecule has 0 amide bonds. The summed E-state index contributed by atoms with van der Waals surface area (Å²) in [5, 5.41) is 3.09. The molecule has 5 nitrogen and oxygen atoms in total. The highest BCUT2D eigenvalue weighted by molar-refractivity contribution is 6.10. The molecular formula is C39H25N5. The third-order valence-corrected chi connectivity index (χ3v) is 7.72. The second-order valence-corrected chi connectivity index (χ2v) is 10.6. The lowest BCUT2D eigenvalue weighted by Gasteiger charge is -2.13. The number of benzene rings is 6. The van der Waals surface area contributed by atoms with Crippen LogP contribution in [-0.4, -0.2) is 24.9 Å². The van der Waals surface area contributed by atoms with Gasteiger partial charge in [0, 0.05) is 38.6 Å². The Labute approximate surface area is 254 Å². The number of hydrogen-bond acceptors (Lipinski definition) is 5. The molecule has 0 bridgehead atoms. The van der Waals surface area contributed by atoms with Crippen LogP contribution in [0.15, 0.2) is 152 Å². The largest absolute Gasteiger partial charge is 0.227 e. The van der Waals surface area contributed by atoms with Crippen molar-refractivity contribution in [2.45, 2.75) is 0 Å². The standard InChI is InChI=1S/C39H25N5/c1-5-13-27(14-6-1)34-32-24-23-26-21-22-31(25-33(26)35(32)41-36(40-34)28-15-7-2-8-16-28)39-43-37(29-17-9-3-10-18-29)42-38(44-39)30-19-11-4-12-20-30/h1-25H. The summed E-state index contributed by atoms with van der Waals surface area (Å²) in [4.78, 5) is 25.0. The molecule has 0 aliphatic carbocycles. The molecule has 0 unspecified atom stereocenters. The molecule has 0 saturated carbocycles. The van der Waals surface area contributed by atoms with E-state index in [2.05, 4.69) is 42.5 Å². The van der Waals surface area contributed by atoms with E-state index in [4.69, 9.17) is 24.9 Å². The monoisotopic (exact) mass is 563 g/mol. The van der Waals surface area contributed by atoms with Crippen molar-refractivity contribution >= 4 is 21.7 Å². The lowest BCUT2D eigenvalue weighted by Crippen LogP contribution is -2.00. The average Bonchev–Trinajstić information content (AvgIpc) is 3.12. The normalized spacial score (nSPS) is 11.2. The molecule has 0 N–H and O–H groups in total. The van der Waals surface area contributed by atoms with Crippen LogP contribution < -0.4 is 0 Å². The molecule has 0 atom stereocenters. The third-order valence-electron chi connectivity index (χ3n) is 7.72. The van der Waals surface area contributed by atoms with E-state index in [0.717, 1.165) is 55.2 Å². The second kappa shape index (κ2) is 11.0. The molecule has 2 aromatic heterocycles. The van der Waals surface area contributed by atoms with E-state index >= 15 is 0 Å². The first-order valence-corrected chi connectivity index (χ1v) is 14.5. The topological polar surface area (TPSA) is 64.5 Å². The Kier molecular flexibility index (Phi) is 6.39. The van der Waals surface area contributed by atoms with Crippen LogP contribution in [0.1, 0.15) is 0 Å². The maximum absolute atomic E-state index is 5.16. The van der Waals surface area contributed by atoms with Gasteiger partial charge in [0.25, 0.3) is 0 Å². The summed E-state index contributed by atoms with van der Waals surface area (Å²) < 4.78 is 0. The molecule has 8 aromatic rings. The van der Waals surface area contributed by atoms with Crippen molar-refractivity contribution in [2.75, 3.05) is 0 Å². The lowest BCUT2D eigenvalue weighted by molar-refractivity contribution is 1.07. The SMILES string of the molecule is c1ccc(-c2nc(-c3ccccc3)nc(-c3ccc4ccc5c(-c6ccccc6)nc(-c6ccccc6)nc5c4c3)n2)cc1. The summed E-state index contributed by atoms with van der Waals surface area (Å²) in [7, 11) is 0. The molecule has 0 aliphatic rings. The molecule has 44 heavy (non-hydrogen) atoms. The highest BCUT2D eigenvalue weighted by atomic mass is 15.0. The number of rotatable bonds is 5. The van der Waals surface area contributed by atoms with E-state index in [1.165, 1.54) is 0 Å². The molecule has 0 spiro atoms. The van der Waals surface area contributed by atoms with Crippen molar-refractivity contribution in [1.29, 1.82) is 0 Å². The van der Waals surface area contributed by atoms with Crippen molar-refractivity contribution in [3.05, 3.63) is 152 Å². The van der Waals surface area contributed by atoms with Gasteiger partial charge < -0.3 is 0 Å². The van der Waals surface area contributed by atoms with E-state index < -0.39 is 0 Å². The summed E-state index contributed by atoms with van der Waals surface area (Å²) in [6, 6.07) is 51.1. The van der Waals surface area contributed by atoms with Crippen LogP contribution in [0.25, 0.3) is 78.5 Å². The van der Waals surface area contributed by atoms with Crippen molar-refractivity contribution in [2.24, 2.45) is 0 Å². The van der Waals surface area contributed by atoms with Crippen molar-refractivity contribution < 1.29 is 0 Å². The zero-order valence-corrected chi connectivity index (χ0v) is 23.7. The summed E-state index contributed by atoms with van der Waals surface area (Å²) in [6.45, 7) is 0. The third kappa shape index (κ3) is 4.76. The molecule has 0 aliphatic heterocycles. The molecule has 0 radical (unpaired) electrons. The van der Waals surface area contributed by atoms with E-state index in [0.29, 0.717) is 23.3 Å². The van der Waals surface area contributed by atoms with Crippen molar-refractivity contribution in [3.63, 3.8) is 0 Å². The molecule has 0 saturated heterocycles. The van der Waals surface area contributed by atoms with E-state index in [9.17, 15) is 0 Å². The molecule has 6 aromatic carbocycles. The minimum absolute atomic E-state index is 0.609. The minimum atomic E-state index is 0.609. The Morgan fingerprint density at radius 2 is 0.727 bits per heavy atom. The maximum Gasteiger partial charge on any atom is 0.164 e. The number of aromatic nitrogens is 5. The van der Waals surface area contributed by atoms with E-state index in [1.807, 2.05) is 109 Å². The van der Waals surface area contributed by atoms with Gasteiger partial charge in [0.1, 0.15) is 0 Å². The highest BCUT2D eigenvalue weighted by Gasteiger charge is 2.16. The zero-order valence-electron chi connectivity index (χ0n) is 23.7. The van der Waals surface area contributed by atoms with Gasteiger partial charge in [-0.1, -0.05) is 140 Å². The van der Waals surface area contributed by atoms with Crippen LogP contribution in [0.3, 0.4) is 0 Å². The minimum Gasteiger partial charge on any atom is -0.227 e. The van der Waals surface area contributed by atoms with Crippen LogP contribution in [0, 0.1) is 0 Å². The van der Waals surface area contributed by atoms with Gasteiger partial charge in [-0.05, 0) is 17.5 Å². The van der Waals surface area contributed by atoms with Gasteiger partial charge in [-0.2, -0.15) is 0 Å². The van der Waals surface area contributed by atoms with Crippen molar-refractivity contribution in [1.82, 2.24) is 24.9 Å². The van der Waals surface area contributed by atoms with Gasteiger partial charge in [-0.3, -0.25) is 0 Å². The average molecular weight is 564 g/mol. The predicted octanol–water partition coefficient (Wildman–Crippen LogP) is 9.30. The fourth-order valence-corrected chi connectivity index (χ4v) is 5.52. The summed E-state index contributed by atoms with van der Waals surface area (Å²) in [5.41, 5.74) is 6.57. The fraction of sp³-hybridized carbons (Fsp3) is 0. The molecular weight excluding hydrogens is 538 g/mol. The highest BCUT2D eigenvalue weighted by Crippen LogP contribution is 2.35. The van der Waals surface area contributed by atoms with E-state index in [1.54, 1.807) is 0 Å². The first-order valence-electron chi connectivity index (χ1n) is 14.5. The maximum atomic E-state index is 5.16. The Morgan fingerprint density at radius 1 is 0.295 bits per heavy atom. The van der Waals surface area contributed by atoms with Crippen LogP contribution >= 0.6 is 0 Å². The smallest absolute Gasteiger partial charge is 0.164 e. The van der Waals surface area contributed by atoms with Gasteiger partial charge in [-0.15, -0.1) is 0 Å². The summed E-state index contributed by atoms with van der Waals surface area (Å²) in [6.07, 6.45) is 0. The second-order valence-electron chi connectivity index (χ2n) is 10.6. The lowest BCUT2D eigenvalue weighted by atomic mass is 9.99. The predicted molar refractivity (Wildman–Crippen MR) is 178 cm³/mol. The summed E-state index contributed by atoms with van der Waals surface area (Å²) >= 11 is 0. The Hall–Kier alpha value is -6.07.